The molecule has 0 bridgehead atoms. The average Bonchev–Trinajstić information content (AvgIpc) is 3.11. The molecule has 0 radical (unpaired) electrons. The van der Waals surface area contributed by atoms with E-state index in [4.69, 9.17) is 5.73 Å². The minimum atomic E-state index is -1.52. The molecule has 14 heteroatoms. The zero-order valence-electron chi connectivity index (χ0n) is 30.9. The maximum atomic E-state index is 14.0. The van der Waals surface area contributed by atoms with Gasteiger partial charge in [-0.2, -0.15) is 0 Å². The number of aliphatic hydroxyl groups excluding tert-OH is 1. The summed E-state index contributed by atoms with van der Waals surface area (Å²) in [5, 5.41) is 47.4. The summed E-state index contributed by atoms with van der Waals surface area (Å²) < 4.78 is 0. The van der Waals surface area contributed by atoms with Gasteiger partial charge in [-0.05, 0) is 67.5 Å². The Morgan fingerprint density at radius 3 is 1.85 bits per heavy atom. The van der Waals surface area contributed by atoms with Crippen molar-refractivity contribution < 1.29 is 44.4 Å². The molecule has 0 heterocycles. The lowest BCUT2D eigenvalue weighted by Crippen LogP contribution is -2.60. The lowest BCUT2D eigenvalue weighted by atomic mass is 9.98. The highest BCUT2D eigenvalue weighted by Crippen LogP contribution is 2.17. The number of rotatable bonds is 22. The van der Waals surface area contributed by atoms with Crippen LogP contribution in [0.4, 0.5) is 0 Å². The van der Waals surface area contributed by atoms with Gasteiger partial charge in [0.2, 0.25) is 17.7 Å². The number of carbonyl (C=O) groups is 5. The van der Waals surface area contributed by atoms with Gasteiger partial charge in [-0.1, -0.05) is 77.1 Å². The summed E-state index contributed by atoms with van der Waals surface area (Å²) in [5.74, 6) is -4.57. The molecule has 0 aliphatic rings. The van der Waals surface area contributed by atoms with Crippen LogP contribution in [0, 0.1) is 5.92 Å². The first-order valence-electron chi connectivity index (χ1n) is 18.0. The van der Waals surface area contributed by atoms with Crippen molar-refractivity contribution in [2.75, 3.05) is 7.05 Å². The molecular formula is C38H57N5O9. The minimum absolute atomic E-state index is 0.00457. The number of phenolic OH excluding ortho intramolecular Hbond substituents is 2. The number of benzene rings is 2. The van der Waals surface area contributed by atoms with Gasteiger partial charge in [-0.15, -0.1) is 0 Å². The summed E-state index contributed by atoms with van der Waals surface area (Å²) >= 11 is 0. The first-order chi connectivity index (χ1) is 24.5. The number of likely N-dealkylation sites (N-methyl/N-ethyl adjacent to an activating group) is 1. The van der Waals surface area contributed by atoms with Crippen molar-refractivity contribution in [1.29, 1.82) is 0 Å². The smallest absolute Gasteiger partial charge is 0.326 e. The number of hydrogen-bond donors (Lipinski definition) is 8. The summed E-state index contributed by atoms with van der Waals surface area (Å²) in [7, 11) is 1.38. The van der Waals surface area contributed by atoms with E-state index in [0.29, 0.717) is 12.0 Å². The van der Waals surface area contributed by atoms with E-state index >= 15 is 0 Å². The average molecular weight is 728 g/mol. The van der Waals surface area contributed by atoms with Gasteiger partial charge >= 0.3 is 5.97 Å². The van der Waals surface area contributed by atoms with Crippen LogP contribution in [-0.2, 0) is 36.8 Å². The number of amides is 4. The molecule has 0 aliphatic carbocycles. The van der Waals surface area contributed by atoms with Crippen molar-refractivity contribution in [3.8, 4) is 11.5 Å². The lowest BCUT2D eigenvalue weighted by Gasteiger charge is -2.33. The number of aliphatic carboxylic acids is 1. The fourth-order valence-electron chi connectivity index (χ4n) is 5.62. The van der Waals surface area contributed by atoms with Crippen molar-refractivity contribution in [2.24, 2.45) is 11.7 Å². The number of phenols is 2. The number of nitrogens with one attached hydrogen (secondary N) is 3. The van der Waals surface area contributed by atoms with Crippen LogP contribution in [-0.4, -0.2) is 98.3 Å². The fourth-order valence-corrected chi connectivity index (χ4v) is 5.62. The molecule has 0 aliphatic heterocycles. The highest BCUT2D eigenvalue weighted by Gasteiger charge is 2.36. The van der Waals surface area contributed by atoms with E-state index in [1.165, 1.54) is 38.2 Å². The Balaban J connectivity index is 2.18. The number of aliphatic hydroxyl groups is 1. The zero-order valence-corrected chi connectivity index (χ0v) is 30.9. The van der Waals surface area contributed by atoms with E-state index in [0.717, 1.165) is 42.6 Å². The molecule has 6 unspecified atom stereocenters. The molecule has 0 fully saturated rings. The summed E-state index contributed by atoms with van der Waals surface area (Å²) in [4.78, 5) is 67.1. The number of nitrogens with two attached hydrogens (primary N) is 1. The second kappa shape index (κ2) is 21.6. The van der Waals surface area contributed by atoms with Gasteiger partial charge in [0.15, 0.2) is 0 Å². The predicted octanol–water partition coefficient (Wildman–Crippen LogP) is 2.36. The Morgan fingerprint density at radius 1 is 0.750 bits per heavy atom. The Morgan fingerprint density at radius 2 is 1.31 bits per heavy atom. The van der Waals surface area contributed by atoms with Crippen LogP contribution in [0.3, 0.4) is 0 Å². The molecule has 288 valence electrons. The topological polar surface area (TPSA) is 232 Å². The maximum Gasteiger partial charge on any atom is 0.326 e. The van der Waals surface area contributed by atoms with E-state index < -0.39 is 71.8 Å². The summed E-state index contributed by atoms with van der Waals surface area (Å²) in [6, 6.07) is 6.64. The molecule has 52 heavy (non-hydrogen) atoms. The monoisotopic (exact) mass is 727 g/mol. The summed E-state index contributed by atoms with van der Waals surface area (Å²) in [6.45, 7) is 6.91. The number of hydrogen-bond acceptors (Lipinski definition) is 9. The number of aromatic hydroxyl groups is 2. The molecular weight excluding hydrogens is 670 g/mol. The second-order valence-electron chi connectivity index (χ2n) is 13.7. The van der Waals surface area contributed by atoms with E-state index in [1.54, 1.807) is 38.1 Å². The number of carbonyl (C=O) groups excluding carboxylic acids is 4. The Kier molecular flexibility index (Phi) is 18.1. The fraction of sp³-hybridized carbons (Fsp3) is 0.553. The first-order valence-corrected chi connectivity index (χ1v) is 18.0. The molecule has 0 aromatic heterocycles. The van der Waals surface area contributed by atoms with Crippen LogP contribution >= 0.6 is 0 Å². The molecule has 0 saturated heterocycles. The summed E-state index contributed by atoms with van der Waals surface area (Å²) in [5.41, 5.74) is 7.37. The van der Waals surface area contributed by atoms with Crippen LogP contribution in [0.25, 0.3) is 0 Å². The van der Waals surface area contributed by atoms with Gasteiger partial charge in [0.1, 0.15) is 41.8 Å². The number of carboxylic acid groups (broad SMARTS) is 1. The third kappa shape index (κ3) is 14.1. The molecule has 2 aromatic carbocycles. The normalized spacial score (nSPS) is 14.7. The van der Waals surface area contributed by atoms with Crippen LogP contribution < -0.4 is 21.7 Å². The van der Waals surface area contributed by atoms with Crippen molar-refractivity contribution in [1.82, 2.24) is 20.9 Å². The Hall–Kier alpha value is -4.69. The van der Waals surface area contributed by atoms with Crippen molar-refractivity contribution in [3.63, 3.8) is 0 Å². The van der Waals surface area contributed by atoms with Gasteiger partial charge in [0.05, 0.1) is 0 Å². The minimum Gasteiger partial charge on any atom is -0.508 e. The predicted molar refractivity (Wildman–Crippen MR) is 196 cm³/mol. The zero-order chi connectivity index (χ0) is 39.0. The Labute approximate surface area is 306 Å². The number of aryl methyl sites for hydroxylation is 1. The van der Waals surface area contributed by atoms with Crippen LogP contribution in [0.1, 0.15) is 83.8 Å². The summed E-state index contributed by atoms with van der Waals surface area (Å²) in [6.07, 6.45) is 4.12. The molecule has 4 amide bonds. The van der Waals surface area contributed by atoms with Gasteiger partial charge in [0, 0.05) is 19.5 Å². The molecule has 2 rings (SSSR count). The van der Waals surface area contributed by atoms with E-state index in [2.05, 4.69) is 22.9 Å². The van der Waals surface area contributed by atoms with Crippen molar-refractivity contribution >= 4 is 29.6 Å². The number of carboxylic acids is 1. The molecule has 0 saturated carbocycles. The molecule has 0 spiro atoms. The van der Waals surface area contributed by atoms with Crippen molar-refractivity contribution in [2.45, 2.75) is 122 Å². The second-order valence-corrected chi connectivity index (χ2v) is 13.7. The van der Waals surface area contributed by atoms with Crippen molar-refractivity contribution in [3.05, 3.63) is 59.7 Å². The SMILES string of the molecule is CCCCCCCC(N)C(O)C(=O)NC(C)C(=O)NC(C(=O)N(C)C(Cc1ccc(O)cc1)C(=O)NC(CCc1ccc(O)cc1)C(=O)O)C(C)C. The van der Waals surface area contributed by atoms with Gasteiger partial charge in [-0.25, -0.2) is 4.79 Å². The first kappa shape index (κ1) is 43.5. The molecule has 2 aromatic rings. The van der Waals surface area contributed by atoms with Gasteiger partial charge in [-0.3, -0.25) is 19.2 Å². The van der Waals surface area contributed by atoms with Crippen LogP contribution in [0.5, 0.6) is 11.5 Å². The van der Waals surface area contributed by atoms with Crippen LogP contribution in [0.15, 0.2) is 48.5 Å². The van der Waals surface area contributed by atoms with Gasteiger partial charge < -0.3 is 47.0 Å². The van der Waals surface area contributed by atoms with E-state index in [1.807, 2.05) is 0 Å². The quantitative estimate of drug-likeness (QED) is 0.0826. The highest BCUT2D eigenvalue weighted by molar-refractivity contribution is 5.95. The third-order valence-electron chi connectivity index (χ3n) is 9.05. The van der Waals surface area contributed by atoms with E-state index in [-0.39, 0.29) is 30.8 Å². The highest BCUT2D eigenvalue weighted by atomic mass is 16.4. The Bertz CT molecular complexity index is 1450. The number of nitrogens with zero attached hydrogens (tertiary/aromatic N) is 1. The largest absolute Gasteiger partial charge is 0.508 e. The van der Waals surface area contributed by atoms with Gasteiger partial charge in [0.25, 0.3) is 5.91 Å². The molecule has 6 atom stereocenters. The lowest BCUT2D eigenvalue weighted by molar-refractivity contribution is -0.146. The standard InChI is InChI=1S/C38H57N5O9/c1-6-7-8-9-10-11-29(39)33(46)36(49)40-24(4)34(47)42-32(23(2)3)37(50)43(5)31(22-26-14-19-28(45)20-15-26)35(48)41-30(38(51)52)21-16-25-12-17-27(44)18-13-25/h12-15,17-20,23-24,29-33,44-46H,6-11,16,21-22,39H2,1-5H3,(H,40,49)(H,41,48)(H,42,47)(H,51,52). The third-order valence-corrected chi connectivity index (χ3v) is 9.05. The molecule has 9 N–H and O–H groups in total. The van der Waals surface area contributed by atoms with Crippen LogP contribution in [0.2, 0.25) is 0 Å². The maximum absolute atomic E-state index is 14.0. The molecule has 14 nitrogen and oxygen atoms in total. The van der Waals surface area contributed by atoms with E-state index in [9.17, 15) is 44.4 Å². The number of unbranched alkanes of at least 4 members (excludes halogenated alkanes) is 4.